The van der Waals surface area contributed by atoms with E-state index in [1.165, 1.54) is 30.0 Å². The van der Waals surface area contributed by atoms with Crippen LogP contribution in [0.15, 0.2) is 28.3 Å². The van der Waals surface area contributed by atoms with Gasteiger partial charge in [0.15, 0.2) is 5.17 Å². The number of thioether (sulfide) groups is 1. The van der Waals surface area contributed by atoms with Gasteiger partial charge in [-0.3, -0.25) is 10.3 Å². The van der Waals surface area contributed by atoms with Crippen molar-refractivity contribution in [3.8, 4) is 0 Å². The molecule has 0 bridgehead atoms. The Labute approximate surface area is 166 Å². The van der Waals surface area contributed by atoms with E-state index >= 15 is 0 Å². The van der Waals surface area contributed by atoms with E-state index < -0.39 is 23.1 Å². The number of fused-ring (bicyclic) bond motifs is 1. The molecule has 2 heterocycles. The maximum atomic E-state index is 14.8. The molecule has 2 aliphatic heterocycles. The van der Waals surface area contributed by atoms with Crippen LogP contribution in [0, 0.1) is 11.7 Å². The van der Waals surface area contributed by atoms with Gasteiger partial charge in [-0.05, 0) is 44.5 Å². The average Bonchev–Trinajstić information content (AvgIpc) is 2.61. The third-order valence-electron chi connectivity index (χ3n) is 4.53. The zero-order chi connectivity index (χ0) is 20.4. The van der Waals surface area contributed by atoms with Crippen LogP contribution in [0.4, 0.5) is 14.9 Å². The summed E-state index contributed by atoms with van der Waals surface area (Å²) in [7, 11) is 0. The Kier molecular flexibility index (Phi) is 5.83. The van der Waals surface area contributed by atoms with Gasteiger partial charge in [-0.15, -0.1) is 0 Å². The number of amidine groups is 1. The van der Waals surface area contributed by atoms with E-state index in [-0.39, 0.29) is 5.92 Å². The standard InChI is InChI=1S/C18H22FN5O3S/c1-17(2,3)27-16(25)21-15-22-18(6-7-26-9-11(18)10-28-15)13-8-12(23-24-20)4-5-14(13)19/h4-5,8,11H,6-7,9-10H2,1-3H3,(H,21,22,25)/t11?,18-/m0/s1. The van der Waals surface area contributed by atoms with Gasteiger partial charge in [-0.1, -0.05) is 16.9 Å². The lowest BCUT2D eigenvalue weighted by Crippen LogP contribution is -2.48. The molecular weight excluding hydrogens is 385 g/mol. The van der Waals surface area contributed by atoms with Gasteiger partial charge in [0.05, 0.1) is 12.1 Å². The van der Waals surface area contributed by atoms with E-state index in [1.54, 1.807) is 20.8 Å². The van der Waals surface area contributed by atoms with Crippen LogP contribution in [0.1, 0.15) is 32.8 Å². The lowest BCUT2D eigenvalue weighted by atomic mass is 9.75. The number of alkyl carbamates (subject to hydrolysis) is 1. The number of carbonyl (C=O) groups excluding carboxylic acids is 1. The minimum atomic E-state index is -0.904. The Morgan fingerprint density at radius 2 is 2.32 bits per heavy atom. The van der Waals surface area contributed by atoms with Gasteiger partial charge in [-0.2, -0.15) is 0 Å². The summed E-state index contributed by atoms with van der Waals surface area (Å²) in [6, 6.07) is 4.22. The SMILES string of the molecule is CC(C)(C)OC(=O)NC1=N[C@@]2(c3cc(N=[N+]=[N-])ccc3F)CCOCC2CS1. The highest BCUT2D eigenvalue weighted by molar-refractivity contribution is 8.13. The van der Waals surface area contributed by atoms with Gasteiger partial charge < -0.3 is 9.47 Å². The fraction of sp³-hybridized carbons (Fsp3) is 0.556. The van der Waals surface area contributed by atoms with E-state index in [0.29, 0.717) is 41.8 Å². The molecule has 3 rings (SSSR count). The van der Waals surface area contributed by atoms with Gasteiger partial charge >= 0.3 is 6.09 Å². The lowest BCUT2D eigenvalue weighted by molar-refractivity contribution is 0.00869. The molecule has 2 atom stereocenters. The summed E-state index contributed by atoms with van der Waals surface area (Å²) in [5.41, 5.74) is 7.82. The van der Waals surface area contributed by atoms with Gasteiger partial charge in [0.2, 0.25) is 0 Å². The molecule has 1 aromatic carbocycles. The van der Waals surface area contributed by atoms with Crippen molar-refractivity contribution in [1.82, 2.24) is 5.32 Å². The van der Waals surface area contributed by atoms with Crippen molar-refractivity contribution in [2.75, 3.05) is 19.0 Å². The number of rotatable bonds is 2. The largest absolute Gasteiger partial charge is 0.444 e. The van der Waals surface area contributed by atoms with Crippen molar-refractivity contribution in [2.24, 2.45) is 16.0 Å². The van der Waals surface area contributed by atoms with Crippen molar-refractivity contribution in [3.63, 3.8) is 0 Å². The molecule has 1 saturated heterocycles. The topological polar surface area (TPSA) is 109 Å². The molecule has 1 aromatic rings. The van der Waals surface area contributed by atoms with Crippen molar-refractivity contribution in [3.05, 3.63) is 40.0 Å². The van der Waals surface area contributed by atoms with Crippen molar-refractivity contribution >= 4 is 28.7 Å². The zero-order valence-electron chi connectivity index (χ0n) is 15.9. The molecule has 0 saturated carbocycles. The summed E-state index contributed by atoms with van der Waals surface area (Å²) in [5, 5.41) is 6.63. The molecule has 0 radical (unpaired) electrons. The molecular formula is C18H22FN5O3S. The molecule has 1 amide bonds. The van der Waals surface area contributed by atoms with Crippen molar-refractivity contribution < 1.29 is 18.7 Å². The first-order valence-corrected chi connectivity index (χ1v) is 9.87. The van der Waals surface area contributed by atoms with Crippen LogP contribution in [0.5, 0.6) is 0 Å². The van der Waals surface area contributed by atoms with Crippen LogP contribution >= 0.6 is 11.8 Å². The Morgan fingerprint density at radius 1 is 1.54 bits per heavy atom. The number of aliphatic imine (C=N–C) groups is 1. The summed E-state index contributed by atoms with van der Waals surface area (Å²) < 4.78 is 25.7. The fourth-order valence-corrected chi connectivity index (χ4v) is 4.46. The first-order chi connectivity index (χ1) is 13.2. The van der Waals surface area contributed by atoms with Crippen LogP contribution in [-0.4, -0.2) is 35.8 Å². The average molecular weight is 407 g/mol. The summed E-state index contributed by atoms with van der Waals surface area (Å²) >= 11 is 1.37. The van der Waals surface area contributed by atoms with E-state index in [9.17, 15) is 9.18 Å². The van der Waals surface area contributed by atoms with Gasteiger partial charge in [0.25, 0.3) is 0 Å². The number of halogens is 1. The first-order valence-electron chi connectivity index (χ1n) is 8.89. The van der Waals surface area contributed by atoms with Gasteiger partial charge in [0, 0.05) is 40.9 Å². The Morgan fingerprint density at radius 3 is 3.04 bits per heavy atom. The molecule has 150 valence electrons. The predicted molar refractivity (Wildman–Crippen MR) is 105 cm³/mol. The monoisotopic (exact) mass is 407 g/mol. The maximum absolute atomic E-state index is 14.8. The minimum Gasteiger partial charge on any atom is -0.444 e. The third kappa shape index (κ3) is 4.40. The maximum Gasteiger partial charge on any atom is 0.413 e. The molecule has 0 aromatic heterocycles. The minimum absolute atomic E-state index is 0.0775. The van der Waals surface area contributed by atoms with E-state index in [0.717, 1.165) is 0 Å². The van der Waals surface area contributed by atoms with Crippen molar-refractivity contribution in [1.29, 1.82) is 0 Å². The quantitative estimate of drug-likeness (QED) is 0.438. The molecule has 1 fully saturated rings. The number of ether oxygens (including phenoxy) is 2. The van der Waals surface area contributed by atoms with Crippen LogP contribution in [0.3, 0.4) is 0 Å². The van der Waals surface area contributed by atoms with E-state index in [1.807, 2.05) is 0 Å². The number of benzene rings is 1. The van der Waals surface area contributed by atoms with Crippen LogP contribution in [0.2, 0.25) is 0 Å². The molecule has 2 aliphatic rings. The first kappa shape index (κ1) is 20.4. The second-order valence-electron chi connectivity index (χ2n) is 7.65. The normalized spacial score (nSPS) is 24.4. The molecule has 8 nitrogen and oxygen atoms in total. The summed E-state index contributed by atoms with van der Waals surface area (Å²) in [6.07, 6.45) is -0.156. The van der Waals surface area contributed by atoms with Crippen molar-refractivity contribution in [2.45, 2.75) is 38.3 Å². The second-order valence-corrected chi connectivity index (χ2v) is 8.66. The highest BCUT2D eigenvalue weighted by Gasteiger charge is 2.47. The smallest absolute Gasteiger partial charge is 0.413 e. The van der Waals surface area contributed by atoms with E-state index in [4.69, 9.17) is 20.0 Å². The summed E-state index contributed by atoms with van der Waals surface area (Å²) in [6.45, 7) is 6.16. The Balaban J connectivity index is 2.00. The number of carbonyl (C=O) groups is 1. The number of nitrogens with zero attached hydrogens (tertiary/aromatic N) is 4. The lowest BCUT2D eigenvalue weighted by Gasteiger charge is -2.44. The fourth-order valence-electron chi connectivity index (χ4n) is 3.35. The highest BCUT2D eigenvalue weighted by atomic mass is 32.2. The molecule has 0 aliphatic carbocycles. The van der Waals surface area contributed by atoms with Crippen LogP contribution in [-0.2, 0) is 15.0 Å². The third-order valence-corrected chi connectivity index (χ3v) is 5.56. The number of hydrogen-bond donors (Lipinski definition) is 1. The Hall–Kier alpha value is -2.29. The molecule has 1 N–H and O–H groups in total. The van der Waals surface area contributed by atoms with Crippen LogP contribution < -0.4 is 5.32 Å². The van der Waals surface area contributed by atoms with Gasteiger partial charge in [0.1, 0.15) is 11.4 Å². The number of azide groups is 1. The predicted octanol–water partition coefficient (Wildman–Crippen LogP) is 4.63. The second kappa shape index (κ2) is 7.98. The summed E-state index contributed by atoms with van der Waals surface area (Å²) in [4.78, 5) is 19.7. The van der Waals surface area contributed by atoms with E-state index in [2.05, 4.69) is 15.3 Å². The van der Waals surface area contributed by atoms with Gasteiger partial charge in [-0.25, -0.2) is 9.18 Å². The summed E-state index contributed by atoms with van der Waals surface area (Å²) in [5.74, 6) is 0.0853. The molecule has 10 heteroatoms. The number of nitrogens with one attached hydrogen (secondary N) is 1. The number of amides is 1. The molecule has 28 heavy (non-hydrogen) atoms. The zero-order valence-corrected chi connectivity index (χ0v) is 16.8. The number of hydrogen-bond acceptors (Lipinski definition) is 6. The molecule has 1 unspecified atom stereocenters. The molecule has 0 spiro atoms. The highest BCUT2D eigenvalue weighted by Crippen LogP contribution is 2.47. The Bertz CT molecular complexity index is 850. The van der Waals surface area contributed by atoms with Crippen LogP contribution in [0.25, 0.3) is 10.4 Å².